The number of aryl methyl sites for hydroxylation is 1. The molecule has 0 saturated heterocycles. The van der Waals surface area contributed by atoms with E-state index < -0.39 is 0 Å². The van der Waals surface area contributed by atoms with Crippen molar-refractivity contribution in [3.05, 3.63) is 83.6 Å². The minimum Gasteiger partial charge on any atom is -0.363 e. The molecule has 3 rings (SSSR count). The predicted octanol–water partition coefficient (Wildman–Crippen LogP) is 4.35. The highest BCUT2D eigenvalue weighted by molar-refractivity contribution is 6.04. The molecule has 2 N–H and O–H groups in total. The van der Waals surface area contributed by atoms with Crippen molar-refractivity contribution in [1.82, 2.24) is 9.97 Å². The molecule has 2 aromatic carbocycles. The van der Waals surface area contributed by atoms with E-state index >= 15 is 0 Å². The lowest BCUT2D eigenvalue weighted by Gasteiger charge is -2.15. The van der Waals surface area contributed by atoms with Crippen LogP contribution in [0.15, 0.2) is 60.9 Å². The number of anilines is 2. The number of rotatable bonds is 5. The van der Waals surface area contributed by atoms with Crippen LogP contribution in [0.3, 0.4) is 0 Å². The van der Waals surface area contributed by atoms with E-state index in [0.717, 1.165) is 17.1 Å². The van der Waals surface area contributed by atoms with Gasteiger partial charge in [0, 0.05) is 29.1 Å². The summed E-state index contributed by atoms with van der Waals surface area (Å²) in [5.41, 5.74) is 3.03. The van der Waals surface area contributed by atoms with Crippen LogP contribution in [0.5, 0.6) is 0 Å². The summed E-state index contributed by atoms with van der Waals surface area (Å²) in [5.74, 6) is 0.116. The molecule has 0 radical (unpaired) electrons. The predicted molar refractivity (Wildman–Crippen MR) is 99.6 cm³/mol. The van der Waals surface area contributed by atoms with Gasteiger partial charge in [0.05, 0.1) is 0 Å². The molecule has 1 aromatic heterocycles. The Morgan fingerprint density at radius 1 is 1.04 bits per heavy atom. The smallest absolute Gasteiger partial charge is 0.255 e. The quantitative estimate of drug-likeness (QED) is 0.718. The summed E-state index contributed by atoms with van der Waals surface area (Å²) in [5, 5.41) is 6.11. The zero-order valence-electron chi connectivity index (χ0n) is 14.5. The Morgan fingerprint density at radius 3 is 2.38 bits per heavy atom. The van der Waals surface area contributed by atoms with E-state index in [1.54, 1.807) is 0 Å². The van der Waals surface area contributed by atoms with Gasteiger partial charge >= 0.3 is 0 Å². The normalized spacial score (nSPS) is 11.7. The minimum atomic E-state index is -0.369. The lowest BCUT2D eigenvalue weighted by Crippen LogP contribution is -2.12. The summed E-state index contributed by atoms with van der Waals surface area (Å²) in [6, 6.07) is 14.9. The van der Waals surface area contributed by atoms with E-state index in [9.17, 15) is 9.18 Å². The number of carbonyl (C=O) groups excluding carboxylic acids is 1. The SMILES string of the molecule is Cc1cc(NC(C)c2ccc(NC(=O)c3ccc(F)cc3)cc2)ncn1. The molecule has 1 atom stereocenters. The zero-order valence-corrected chi connectivity index (χ0v) is 14.5. The number of benzene rings is 2. The molecule has 0 saturated carbocycles. The van der Waals surface area contributed by atoms with Crippen LogP contribution >= 0.6 is 0 Å². The van der Waals surface area contributed by atoms with Crippen LogP contribution in [0.2, 0.25) is 0 Å². The third-order valence-corrected chi connectivity index (χ3v) is 3.94. The minimum absolute atomic E-state index is 0.0474. The molecule has 6 heteroatoms. The van der Waals surface area contributed by atoms with E-state index in [1.807, 2.05) is 44.2 Å². The van der Waals surface area contributed by atoms with E-state index in [0.29, 0.717) is 11.3 Å². The van der Waals surface area contributed by atoms with Crippen molar-refractivity contribution in [2.45, 2.75) is 19.9 Å². The number of nitrogens with one attached hydrogen (secondary N) is 2. The average Bonchev–Trinajstić information content (AvgIpc) is 2.63. The maximum atomic E-state index is 12.9. The Bertz CT molecular complexity index is 894. The van der Waals surface area contributed by atoms with Crippen LogP contribution in [0.1, 0.15) is 34.6 Å². The largest absolute Gasteiger partial charge is 0.363 e. The van der Waals surface area contributed by atoms with E-state index in [1.165, 1.54) is 30.6 Å². The second kappa shape index (κ2) is 7.74. The van der Waals surface area contributed by atoms with Gasteiger partial charge < -0.3 is 10.6 Å². The monoisotopic (exact) mass is 350 g/mol. The molecule has 132 valence electrons. The van der Waals surface area contributed by atoms with E-state index in [4.69, 9.17) is 0 Å². The Morgan fingerprint density at radius 2 is 1.73 bits per heavy atom. The molecule has 0 spiro atoms. The summed E-state index contributed by atoms with van der Waals surface area (Å²) in [6.07, 6.45) is 1.53. The molecule has 1 heterocycles. The van der Waals surface area contributed by atoms with Gasteiger partial charge in [-0.05, 0) is 55.8 Å². The second-order valence-electron chi connectivity index (χ2n) is 5.99. The van der Waals surface area contributed by atoms with Crippen molar-refractivity contribution in [1.29, 1.82) is 0 Å². The average molecular weight is 350 g/mol. The first-order valence-corrected chi connectivity index (χ1v) is 8.23. The van der Waals surface area contributed by atoms with Crippen LogP contribution in [-0.2, 0) is 0 Å². The molecule has 3 aromatic rings. The van der Waals surface area contributed by atoms with Crippen molar-refractivity contribution in [2.24, 2.45) is 0 Å². The summed E-state index contributed by atoms with van der Waals surface area (Å²) in [7, 11) is 0. The fraction of sp³-hybridized carbons (Fsp3) is 0.150. The molecule has 5 nitrogen and oxygen atoms in total. The van der Waals surface area contributed by atoms with Crippen LogP contribution in [0, 0.1) is 12.7 Å². The summed E-state index contributed by atoms with van der Waals surface area (Å²) in [6.45, 7) is 3.94. The number of hydrogen-bond acceptors (Lipinski definition) is 4. The Balaban J connectivity index is 1.64. The molecule has 0 bridgehead atoms. The summed E-state index contributed by atoms with van der Waals surface area (Å²) < 4.78 is 12.9. The van der Waals surface area contributed by atoms with Gasteiger partial charge in [-0.1, -0.05) is 12.1 Å². The van der Waals surface area contributed by atoms with Crippen molar-refractivity contribution in [3.63, 3.8) is 0 Å². The standard InChI is InChI=1S/C20H19FN4O/c1-13-11-19(23-12-22-13)24-14(2)15-5-9-18(10-6-15)25-20(26)16-3-7-17(21)8-4-16/h3-12,14H,1-2H3,(H,25,26)(H,22,23,24). The second-order valence-corrected chi connectivity index (χ2v) is 5.99. The first-order chi connectivity index (χ1) is 12.5. The molecule has 26 heavy (non-hydrogen) atoms. The third kappa shape index (κ3) is 4.42. The number of hydrogen-bond donors (Lipinski definition) is 2. The number of nitrogens with zero attached hydrogens (tertiary/aromatic N) is 2. The Hall–Kier alpha value is -3.28. The Kier molecular flexibility index (Phi) is 5.22. The topological polar surface area (TPSA) is 66.9 Å². The molecule has 1 unspecified atom stereocenters. The summed E-state index contributed by atoms with van der Waals surface area (Å²) >= 11 is 0. The molecule has 0 aliphatic carbocycles. The number of amides is 1. The van der Waals surface area contributed by atoms with Gasteiger partial charge in [-0.3, -0.25) is 4.79 Å². The van der Waals surface area contributed by atoms with Crippen LogP contribution in [0.4, 0.5) is 15.9 Å². The Labute approximate surface area is 151 Å². The van der Waals surface area contributed by atoms with Gasteiger partial charge in [0.1, 0.15) is 18.0 Å². The summed E-state index contributed by atoms with van der Waals surface area (Å²) in [4.78, 5) is 20.4. The number of carbonyl (C=O) groups is 1. The van der Waals surface area contributed by atoms with Gasteiger partial charge in [-0.2, -0.15) is 0 Å². The van der Waals surface area contributed by atoms with Crippen molar-refractivity contribution in [3.8, 4) is 0 Å². The van der Waals surface area contributed by atoms with Crippen LogP contribution < -0.4 is 10.6 Å². The zero-order chi connectivity index (χ0) is 18.5. The highest BCUT2D eigenvalue weighted by Crippen LogP contribution is 2.20. The van der Waals surface area contributed by atoms with E-state index in [-0.39, 0.29) is 17.8 Å². The molecule has 0 aliphatic rings. The van der Waals surface area contributed by atoms with Gasteiger partial charge in [0.2, 0.25) is 0 Å². The van der Waals surface area contributed by atoms with E-state index in [2.05, 4.69) is 20.6 Å². The molecular formula is C20H19FN4O. The molecule has 0 fully saturated rings. The van der Waals surface area contributed by atoms with Crippen molar-refractivity contribution >= 4 is 17.4 Å². The van der Waals surface area contributed by atoms with Crippen molar-refractivity contribution < 1.29 is 9.18 Å². The first-order valence-electron chi connectivity index (χ1n) is 8.23. The fourth-order valence-electron chi connectivity index (χ4n) is 2.50. The van der Waals surface area contributed by atoms with Gasteiger partial charge in [0.25, 0.3) is 5.91 Å². The first kappa shape index (κ1) is 17.5. The lowest BCUT2D eigenvalue weighted by atomic mass is 10.1. The molecular weight excluding hydrogens is 331 g/mol. The van der Waals surface area contributed by atoms with Crippen molar-refractivity contribution in [2.75, 3.05) is 10.6 Å². The van der Waals surface area contributed by atoms with Crippen LogP contribution in [0.25, 0.3) is 0 Å². The van der Waals surface area contributed by atoms with Gasteiger partial charge in [0.15, 0.2) is 0 Å². The van der Waals surface area contributed by atoms with Crippen LogP contribution in [-0.4, -0.2) is 15.9 Å². The molecule has 1 amide bonds. The highest BCUT2D eigenvalue weighted by Gasteiger charge is 2.09. The van der Waals surface area contributed by atoms with Gasteiger partial charge in [-0.25, -0.2) is 14.4 Å². The molecule has 0 aliphatic heterocycles. The highest BCUT2D eigenvalue weighted by atomic mass is 19.1. The maximum absolute atomic E-state index is 12.9. The fourth-order valence-corrected chi connectivity index (χ4v) is 2.50. The number of aromatic nitrogens is 2. The maximum Gasteiger partial charge on any atom is 0.255 e. The lowest BCUT2D eigenvalue weighted by molar-refractivity contribution is 0.102. The third-order valence-electron chi connectivity index (χ3n) is 3.94. The van der Waals surface area contributed by atoms with Gasteiger partial charge in [-0.15, -0.1) is 0 Å². The number of halogens is 1.